The van der Waals surface area contributed by atoms with Gasteiger partial charge in [-0.05, 0) is 19.1 Å². The number of carbonyl (C=O) groups excluding carboxylic acids is 1. The van der Waals surface area contributed by atoms with Crippen molar-refractivity contribution in [3.8, 4) is 0 Å². The Morgan fingerprint density at radius 3 is 2.21 bits per heavy atom. The van der Waals surface area contributed by atoms with Crippen LogP contribution in [0, 0.1) is 0 Å². The molecule has 4 heteroatoms. The Balaban J connectivity index is 1.84. The second-order valence-electron chi connectivity index (χ2n) is 5.41. The van der Waals surface area contributed by atoms with E-state index < -0.39 is 0 Å². The minimum Gasteiger partial charge on any atom is -0.326 e. The highest BCUT2D eigenvalue weighted by Crippen LogP contribution is 2.08. The van der Waals surface area contributed by atoms with E-state index in [0.717, 1.165) is 12.2 Å². The lowest BCUT2D eigenvalue weighted by Gasteiger charge is -2.29. The molecule has 1 heterocycles. The molecule has 0 aromatic heterocycles. The van der Waals surface area contributed by atoms with Gasteiger partial charge in [-0.2, -0.15) is 0 Å². The van der Waals surface area contributed by atoms with Gasteiger partial charge in [0.15, 0.2) is 0 Å². The molecule has 3 N–H and O–H groups in total. The standard InChI is InChI=1S/C15H23N3O/c1-3-17-8-10-18(11-9-17)12-14-4-6-15(7-5-14)16-13(2)19/h4-7H,3,8-12H2,1-2H3,(H,16,19)/p+2. The molecule has 0 bridgehead atoms. The zero-order valence-electron chi connectivity index (χ0n) is 12.0. The molecular weight excluding hydrogens is 238 g/mol. The van der Waals surface area contributed by atoms with Crippen LogP contribution in [-0.4, -0.2) is 38.6 Å². The normalized spacial score (nSPS) is 23.1. The Labute approximate surface area is 115 Å². The minimum absolute atomic E-state index is 0.0166. The van der Waals surface area contributed by atoms with Crippen molar-refractivity contribution in [2.45, 2.75) is 20.4 Å². The van der Waals surface area contributed by atoms with Crippen molar-refractivity contribution in [1.82, 2.24) is 0 Å². The highest BCUT2D eigenvalue weighted by Gasteiger charge is 2.21. The molecule has 2 rings (SSSR count). The number of hydrogen-bond acceptors (Lipinski definition) is 1. The lowest BCUT2D eigenvalue weighted by Crippen LogP contribution is -3.27. The van der Waals surface area contributed by atoms with Crippen LogP contribution in [0.5, 0.6) is 0 Å². The summed E-state index contributed by atoms with van der Waals surface area (Å²) >= 11 is 0. The van der Waals surface area contributed by atoms with Crippen LogP contribution in [0.15, 0.2) is 24.3 Å². The average Bonchev–Trinajstić information content (AvgIpc) is 2.41. The van der Waals surface area contributed by atoms with Crippen LogP contribution in [0.1, 0.15) is 19.4 Å². The van der Waals surface area contributed by atoms with Crippen LogP contribution in [0.25, 0.3) is 0 Å². The summed E-state index contributed by atoms with van der Waals surface area (Å²) in [4.78, 5) is 14.4. The van der Waals surface area contributed by atoms with Crippen LogP contribution in [0.3, 0.4) is 0 Å². The highest BCUT2D eigenvalue weighted by molar-refractivity contribution is 5.88. The fourth-order valence-corrected chi connectivity index (χ4v) is 2.69. The van der Waals surface area contributed by atoms with E-state index >= 15 is 0 Å². The maximum Gasteiger partial charge on any atom is 0.221 e. The Bertz CT molecular complexity index is 408. The number of quaternary nitrogens is 2. The van der Waals surface area contributed by atoms with Crippen molar-refractivity contribution in [3.63, 3.8) is 0 Å². The first-order valence-corrected chi connectivity index (χ1v) is 7.21. The molecule has 0 radical (unpaired) electrons. The summed E-state index contributed by atoms with van der Waals surface area (Å²) in [5.41, 5.74) is 2.23. The van der Waals surface area contributed by atoms with Gasteiger partial charge in [0.1, 0.15) is 32.7 Å². The molecule has 0 saturated carbocycles. The SMILES string of the molecule is CC[NH+]1CC[NH+](Cc2ccc(NC(C)=O)cc2)CC1. The van der Waals surface area contributed by atoms with Gasteiger partial charge in [-0.3, -0.25) is 4.79 Å². The van der Waals surface area contributed by atoms with Gasteiger partial charge in [0.05, 0.1) is 6.54 Å². The highest BCUT2D eigenvalue weighted by atomic mass is 16.1. The van der Waals surface area contributed by atoms with Crippen molar-refractivity contribution in [2.24, 2.45) is 0 Å². The molecule has 1 aliphatic heterocycles. The van der Waals surface area contributed by atoms with Crippen LogP contribution in [0.4, 0.5) is 5.69 Å². The molecule has 1 fully saturated rings. The van der Waals surface area contributed by atoms with Crippen molar-refractivity contribution in [3.05, 3.63) is 29.8 Å². The number of likely N-dealkylation sites (N-methyl/N-ethyl adjacent to an activating group) is 1. The number of hydrogen-bond donors (Lipinski definition) is 3. The van der Waals surface area contributed by atoms with E-state index in [1.54, 1.807) is 9.80 Å². The lowest BCUT2D eigenvalue weighted by atomic mass is 10.1. The number of benzene rings is 1. The van der Waals surface area contributed by atoms with E-state index in [-0.39, 0.29) is 5.91 Å². The molecule has 1 saturated heterocycles. The largest absolute Gasteiger partial charge is 0.326 e. The third kappa shape index (κ3) is 4.33. The predicted octanol–water partition coefficient (Wildman–Crippen LogP) is -1.05. The second kappa shape index (κ2) is 6.68. The minimum atomic E-state index is -0.0166. The first-order valence-electron chi connectivity index (χ1n) is 7.21. The number of nitrogens with one attached hydrogen (secondary N) is 3. The van der Waals surface area contributed by atoms with Crippen molar-refractivity contribution < 1.29 is 14.6 Å². The number of rotatable bonds is 4. The topological polar surface area (TPSA) is 38.0 Å². The number of carbonyl (C=O) groups is 1. The molecule has 0 aliphatic carbocycles. The summed E-state index contributed by atoms with van der Waals surface area (Å²) in [6, 6.07) is 8.22. The van der Waals surface area contributed by atoms with E-state index in [1.807, 2.05) is 12.1 Å². The number of anilines is 1. The smallest absolute Gasteiger partial charge is 0.221 e. The van der Waals surface area contributed by atoms with Crippen LogP contribution in [-0.2, 0) is 11.3 Å². The zero-order chi connectivity index (χ0) is 13.7. The van der Waals surface area contributed by atoms with Gasteiger partial charge in [-0.1, -0.05) is 12.1 Å². The summed E-state index contributed by atoms with van der Waals surface area (Å²) < 4.78 is 0. The van der Waals surface area contributed by atoms with Gasteiger partial charge in [-0.15, -0.1) is 0 Å². The van der Waals surface area contributed by atoms with Gasteiger partial charge >= 0.3 is 0 Å². The van der Waals surface area contributed by atoms with Crippen LogP contribution >= 0.6 is 0 Å². The molecule has 0 atom stereocenters. The molecule has 104 valence electrons. The molecule has 1 aromatic carbocycles. The monoisotopic (exact) mass is 263 g/mol. The fourth-order valence-electron chi connectivity index (χ4n) is 2.69. The molecule has 0 spiro atoms. The molecule has 4 nitrogen and oxygen atoms in total. The summed E-state index contributed by atoms with van der Waals surface area (Å²) in [6.45, 7) is 11.2. The average molecular weight is 263 g/mol. The molecule has 1 aromatic rings. The van der Waals surface area contributed by atoms with Gasteiger partial charge in [0.2, 0.25) is 5.91 Å². The Hall–Kier alpha value is -1.39. The third-order valence-electron chi connectivity index (χ3n) is 3.89. The Morgan fingerprint density at radius 2 is 1.68 bits per heavy atom. The summed E-state index contributed by atoms with van der Waals surface area (Å²) in [5.74, 6) is -0.0166. The second-order valence-corrected chi connectivity index (χ2v) is 5.41. The Morgan fingerprint density at radius 1 is 1.11 bits per heavy atom. The zero-order valence-corrected chi connectivity index (χ0v) is 12.0. The van der Waals surface area contributed by atoms with Gasteiger partial charge < -0.3 is 15.1 Å². The fraction of sp³-hybridized carbons (Fsp3) is 0.533. The van der Waals surface area contributed by atoms with Gasteiger partial charge in [0, 0.05) is 18.2 Å². The molecule has 0 unspecified atom stereocenters. The van der Waals surface area contributed by atoms with Gasteiger partial charge in [0.25, 0.3) is 0 Å². The van der Waals surface area contributed by atoms with E-state index in [1.165, 1.54) is 45.2 Å². The quantitative estimate of drug-likeness (QED) is 0.637. The van der Waals surface area contributed by atoms with E-state index in [0.29, 0.717) is 0 Å². The van der Waals surface area contributed by atoms with Crippen molar-refractivity contribution in [1.29, 1.82) is 0 Å². The van der Waals surface area contributed by atoms with Crippen molar-refractivity contribution >= 4 is 11.6 Å². The third-order valence-corrected chi connectivity index (χ3v) is 3.89. The number of amides is 1. The summed E-state index contributed by atoms with van der Waals surface area (Å²) in [5, 5.41) is 2.80. The van der Waals surface area contributed by atoms with Crippen molar-refractivity contribution in [2.75, 3.05) is 38.0 Å². The van der Waals surface area contributed by atoms with E-state index in [9.17, 15) is 4.79 Å². The van der Waals surface area contributed by atoms with Gasteiger partial charge in [-0.25, -0.2) is 0 Å². The molecule has 1 amide bonds. The predicted molar refractivity (Wildman–Crippen MR) is 76.4 cm³/mol. The van der Waals surface area contributed by atoms with Crippen LogP contribution < -0.4 is 15.1 Å². The summed E-state index contributed by atoms with van der Waals surface area (Å²) in [7, 11) is 0. The first kappa shape index (κ1) is 14.0. The van der Waals surface area contributed by atoms with E-state index in [2.05, 4.69) is 24.4 Å². The molecule has 1 aliphatic rings. The summed E-state index contributed by atoms with van der Waals surface area (Å²) in [6.07, 6.45) is 0. The van der Waals surface area contributed by atoms with E-state index in [4.69, 9.17) is 0 Å². The lowest BCUT2D eigenvalue weighted by molar-refractivity contribution is -1.02. The van der Waals surface area contributed by atoms with Crippen LogP contribution in [0.2, 0.25) is 0 Å². The first-order chi connectivity index (χ1) is 9.17. The molecular formula is C15H25N3O+2. The number of piperazine rings is 1. The maximum absolute atomic E-state index is 11.0. The maximum atomic E-state index is 11.0. The Kier molecular flexibility index (Phi) is 4.93. The molecule has 19 heavy (non-hydrogen) atoms.